The first-order valence-corrected chi connectivity index (χ1v) is 5.26. The summed E-state index contributed by atoms with van der Waals surface area (Å²) in [4.78, 5) is 0. The van der Waals surface area contributed by atoms with E-state index in [-0.39, 0.29) is 0 Å². The van der Waals surface area contributed by atoms with Crippen LogP contribution < -0.4 is 0 Å². The van der Waals surface area contributed by atoms with Crippen LogP contribution in [0.3, 0.4) is 0 Å². The van der Waals surface area contributed by atoms with Crippen LogP contribution in [0.2, 0.25) is 0 Å². The lowest BCUT2D eigenvalue weighted by molar-refractivity contribution is 0.812. The van der Waals surface area contributed by atoms with Crippen molar-refractivity contribution in [3.63, 3.8) is 0 Å². The molecular formula is C13H20. The largest absolute Gasteiger partial charge is 0.0961 e. The fraction of sp³-hybridized carbons (Fsp3) is 0.538. The molecule has 1 atom stereocenters. The monoisotopic (exact) mass is 176 g/mol. The van der Waals surface area contributed by atoms with Gasteiger partial charge >= 0.3 is 0 Å². The van der Waals surface area contributed by atoms with Crippen LogP contribution in [0.1, 0.15) is 39.5 Å². The van der Waals surface area contributed by atoms with Crippen molar-refractivity contribution < 1.29 is 0 Å². The van der Waals surface area contributed by atoms with Gasteiger partial charge in [0, 0.05) is 5.92 Å². The van der Waals surface area contributed by atoms with E-state index in [1.54, 1.807) is 5.57 Å². The first-order valence-electron chi connectivity index (χ1n) is 5.26. The Morgan fingerprint density at radius 3 is 3.00 bits per heavy atom. The van der Waals surface area contributed by atoms with Crippen LogP contribution in [0.5, 0.6) is 0 Å². The van der Waals surface area contributed by atoms with E-state index in [0.29, 0.717) is 0 Å². The van der Waals surface area contributed by atoms with Crippen LogP contribution in [0.4, 0.5) is 0 Å². The topological polar surface area (TPSA) is 0 Å². The Morgan fingerprint density at radius 1 is 1.62 bits per heavy atom. The Morgan fingerprint density at radius 2 is 2.38 bits per heavy atom. The molecular weight excluding hydrogens is 156 g/mol. The molecule has 0 aliphatic heterocycles. The van der Waals surface area contributed by atoms with E-state index in [9.17, 15) is 0 Å². The quantitative estimate of drug-likeness (QED) is 0.434. The van der Waals surface area contributed by atoms with Gasteiger partial charge in [0.25, 0.3) is 0 Å². The molecule has 0 aromatic heterocycles. The number of hydrogen-bond donors (Lipinski definition) is 0. The Balaban J connectivity index is 2.20. The molecule has 0 heterocycles. The highest BCUT2D eigenvalue weighted by molar-refractivity contribution is 5.35. The SMILES string of the molecule is C=C(C)C=C1CC1C=CCCCC. The molecule has 0 radical (unpaired) electrons. The van der Waals surface area contributed by atoms with Gasteiger partial charge in [0.05, 0.1) is 0 Å². The summed E-state index contributed by atoms with van der Waals surface area (Å²) in [6, 6.07) is 0. The maximum absolute atomic E-state index is 3.88. The van der Waals surface area contributed by atoms with E-state index in [4.69, 9.17) is 0 Å². The van der Waals surface area contributed by atoms with Gasteiger partial charge in [-0.05, 0) is 19.8 Å². The molecule has 0 bridgehead atoms. The third kappa shape index (κ3) is 4.12. The zero-order valence-corrected chi connectivity index (χ0v) is 8.84. The smallest absolute Gasteiger partial charge is 0.00178 e. The molecule has 0 amide bonds. The van der Waals surface area contributed by atoms with Crippen LogP contribution in [-0.2, 0) is 0 Å². The van der Waals surface area contributed by atoms with Crippen LogP contribution in [0.25, 0.3) is 0 Å². The maximum Gasteiger partial charge on any atom is 0.00178 e. The normalized spacial score (nSPS) is 24.2. The van der Waals surface area contributed by atoms with Gasteiger partial charge in [-0.25, -0.2) is 0 Å². The highest BCUT2D eigenvalue weighted by Gasteiger charge is 2.25. The van der Waals surface area contributed by atoms with E-state index in [2.05, 4.69) is 38.7 Å². The van der Waals surface area contributed by atoms with Crippen molar-refractivity contribution in [2.45, 2.75) is 39.5 Å². The van der Waals surface area contributed by atoms with Crippen molar-refractivity contribution in [3.05, 3.63) is 36.0 Å². The summed E-state index contributed by atoms with van der Waals surface area (Å²) < 4.78 is 0. The molecule has 0 saturated heterocycles. The lowest BCUT2D eigenvalue weighted by Gasteiger charge is -1.87. The summed E-state index contributed by atoms with van der Waals surface area (Å²) in [5.74, 6) is 0.744. The summed E-state index contributed by atoms with van der Waals surface area (Å²) in [5, 5.41) is 0. The Kier molecular flexibility index (Phi) is 4.01. The Bertz CT molecular complexity index is 230. The molecule has 1 fully saturated rings. The predicted molar refractivity (Wildman–Crippen MR) is 59.7 cm³/mol. The third-order valence-corrected chi connectivity index (χ3v) is 2.30. The summed E-state index contributed by atoms with van der Waals surface area (Å²) in [7, 11) is 0. The Labute approximate surface area is 82.0 Å². The van der Waals surface area contributed by atoms with Crippen molar-refractivity contribution in [1.29, 1.82) is 0 Å². The number of allylic oxidation sites excluding steroid dienone is 5. The molecule has 13 heavy (non-hydrogen) atoms. The highest BCUT2D eigenvalue weighted by atomic mass is 14.3. The van der Waals surface area contributed by atoms with Gasteiger partial charge in [0.15, 0.2) is 0 Å². The average molecular weight is 176 g/mol. The maximum atomic E-state index is 3.88. The minimum absolute atomic E-state index is 0.744. The number of rotatable bonds is 5. The lowest BCUT2D eigenvalue weighted by atomic mass is 10.2. The zero-order valence-electron chi connectivity index (χ0n) is 8.84. The summed E-state index contributed by atoms with van der Waals surface area (Å²) >= 11 is 0. The van der Waals surface area contributed by atoms with Crippen molar-refractivity contribution in [2.24, 2.45) is 5.92 Å². The highest BCUT2D eigenvalue weighted by Crippen LogP contribution is 2.39. The molecule has 1 aliphatic carbocycles. The van der Waals surface area contributed by atoms with Gasteiger partial charge in [-0.3, -0.25) is 0 Å². The molecule has 1 aliphatic rings. The molecule has 0 aromatic carbocycles. The van der Waals surface area contributed by atoms with E-state index in [1.807, 2.05) is 0 Å². The van der Waals surface area contributed by atoms with E-state index in [1.165, 1.54) is 31.3 Å². The minimum atomic E-state index is 0.744. The molecule has 1 saturated carbocycles. The summed E-state index contributed by atoms with van der Waals surface area (Å²) in [6.07, 6.45) is 12.0. The molecule has 0 heteroatoms. The van der Waals surface area contributed by atoms with Crippen molar-refractivity contribution in [1.82, 2.24) is 0 Å². The minimum Gasteiger partial charge on any atom is -0.0961 e. The second kappa shape index (κ2) is 5.06. The van der Waals surface area contributed by atoms with Gasteiger partial charge in [-0.1, -0.05) is 55.7 Å². The first-order chi connectivity index (χ1) is 6.24. The fourth-order valence-electron chi connectivity index (χ4n) is 1.45. The number of hydrogen-bond acceptors (Lipinski definition) is 0. The number of unbranched alkanes of at least 4 members (excludes halogenated alkanes) is 2. The Hall–Kier alpha value is -0.780. The van der Waals surface area contributed by atoms with E-state index >= 15 is 0 Å². The van der Waals surface area contributed by atoms with Crippen molar-refractivity contribution in [3.8, 4) is 0 Å². The van der Waals surface area contributed by atoms with Crippen LogP contribution in [0, 0.1) is 5.92 Å². The van der Waals surface area contributed by atoms with Gasteiger partial charge in [0.1, 0.15) is 0 Å². The van der Waals surface area contributed by atoms with Crippen LogP contribution in [-0.4, -0.2) is 0 Å². The fourth-order valence-corrected chi connectivity index (χ4v) is 1.45. The zero-order chi connectivity index (χ0) is 9.68. The van der Waals surface area contributed by atoms with E-state index < -0.39 is 0 Å². The molecule has 72 valence electrons. The lowest BCUT2D eigenvalue weighted by Crippen LogP contribution is -1.69. The second-order valence-corrected chi connectivity index (χ2v) is 3.95. The molecule has 0 spiro atoms. The summed E-state index contributed by atoms with van der Waals surface area (Å²) in [5.41, 5.74) is 2.74. The van der Waals surface area contributed by atoms with Gasteiger partial charge in [0.2, 0.25) is 0 Å². The molecule has 1 rings (SSSR count). The van der Waals surface area contributed by atoms with Crippen molar-refractivity contribution in [2.75, 3.05) is 0 Å². The summed E-state index contributed by atoms with van der Waals surface area (Å²) in [6.45, 7) is 8.17. The molecule has 1 unspecified atom stereocenters. The third-order valence-electron chi connectivity index (χ3n) is 2.30. The molecule has 0 N–H and O–H groups in total. The molecule has 0 nitrogen and oxygen atoms in total. The standard InChI is InChI=1S/C13H20/c1-4-5-6-7-8-12-10-13(12)9-11(2)3/h7-9,12H,2,4-6,10H2,1,3H3. The molecule has 0 aromatic rings. The van der Waals surface area contributed by atoms with Gasteiger partial charge in [-0.15, -0.1) is 0 Å². The van der Waals surface area contributed by atoms with E-state index in [0.717, 1.165) is 5.92 Å². The van der Waals surface area contributed by atoms with Crippen LogP contribution >= 0.6 is 0 Å². The predicted octanol–water partition coefficient (Wildman–Crippen LogP) is 4.26. The van der Waals surface area contributed by atoms with Gasteiger partial charge < -0.3 is 0 Å². The first kappa shape index (κ1) is 10.3. The average Bonchev–Trinajstić information content (AvgIpc) is 2.76. The van der Waals surface area contributed by atoms with Crippen molar-refractivity contribution >= 4 is 0 Å². The van der Waals surface area contributed by atoms with Crippen LogP contribution in [0.15, 0.2) is 36.0 Å². The second-order valence-electron chi connectivity index (χ2n) is 3.95. The van der Waals surface area contributed by atoms with Gasteiger partial charge in [-0.2, -0.15) is 0 Å².